The molecule has 85 heavy (non-hydrogen) atoms. The standard InChI is InChI=1S/C61H69FN8O15/c1-6-61(83)39-28-45-56-37(31-69(45)58(81)38(39)32-84-59(61)82)55-41(16-15-36-33(2)40(62)29-43(68-56)54(36)55)66-49(75)13-10-25-63-47(73)20-18-46(72)42(27-34-11-8-7-9-12-34)67-50(76)19-14-35(71)30-65-48(74)24-26-64-57(80)44(70-51(77)21-22-52(70)78)17-23-53(79)85-60(3,4)5/h7-9,11-12,21-22,28-29,41-42,44,83H,6,10,13-20,23-27,30-32H2,1-5H3,(H,63,73)(H,64,80)(H,65,74)(H,66,75)(H,67,76)/t41?,42-,44-,61-/m0/s1. The number of ether oxygens (including phenoxy) is 2. The van der Waals surface area contributed by atoms with E-state index in [1.54, 1.807) is 71.0 Å². The van der Waals surface area contributed by atoms with Gasteiger partial charge in [-0.15, -0.1) is 0 Å². The van der Waals surface area contributed by atoms with Crippen LogP contribution in [0.25, 0.3) is 22.3 Å². The number of halogens is 1. The zero-order valence-corrected chi connectivity index (χ0v) is 48.0. The van der Waals surface area contributed by atoms with Crippen LogP contribution in [0.3, 0.4) is 0 Å². The van der Waals surface area contributed by atoms with Crippen molar-refractivity contribution in [2.45, 2.75) is 161 Å². The second kappa shape index (κ2) is 26.4. The van der Waals surface area contributed by atoms with Crippen molar-refractivity contribution in [2.24, 2.45) is 0 Å². The molecule has 0 saturated carbocycles. The number of nitrogens with one attached hydrogen (secondary N) is 5. The van der Waals surface area contributed by atoms with Gasteiger partial charge in [0, 0.05) is 92.8 Å². The number of amides is 7. The fraction of sp³-hybridized carbons (Fsp3) is 0.459. The maximum atomic E-state index is 15.4. The highest BCUT2D eigenvalue weighted by molar-refractivity contribution is 6.15. The van der Waals surface area contributed by atoms with E-state index < -0.39 is 106 Å². The van der Waals surface area contributed by atoms with Crippen LogP contribution in [-0.2, 0) is 93.8 Å². The second-order valence-electron chi connectivity index (χ2n) is 22.6. The number of aliphatic hydroxyl groups is 1. The highest BCUT2D eigenvalue weighted by Crippen LogP contribution is 2.46. The van der Waals surface area contributed by atoms with Gasteiger partial charge in [-0.2, -0.15) is 0 Å². The van der Waals surface area contributed by atoms with Crippen LogP contribution < -0.4 is 32.1 Å². The first-order valence-electron chi connectivity index (χ1n) is 28.4. The zero-order chi connectivity index (χ0) is 61.5. The molecule has 0 bridgehead atoms. The molecule has 4 atom stereocenters. The Morgan fingerprint density at radius 1 is 0.835 bits per heavy atom. The van der Waals surface area contributed by atoms with E-state index in [0.29, 0.717) is 51.8 Å². The monoisotopic (exact) mass is 1170 g/mol. The minimum Gasteiger partial charge on any atom is -0.460 e. The van der Waals surface area contributed by atoms with Crippen molar-refractivity contribution < 1.29 is 71.7 Å². The number of imide groups is 1. The number of nitrogens with zero attached hydrogens (tertiary/aromatic N) is 3. The van der Waals surface area contributed by atoms with Gasteiger partial charge in [-0.05, 0) is 94.5 Å². The Hall–Kier alpha value is -8.80. The molecule has 0 radical (unpaired) electrons. The number of hydrogen-bond donors (Lipinski definition) is 6. The molecule has 7 amide bonds. The molecule has 24 heteroatoms. The maximum Gasteiger partial charge on any atom is 0.343 e. The Kier molecular flexibility index (Phi) is 19.3. The summed E-state index contributed by atoms with van der Waals surface area (Å²) >= 11 is 0. The predicted octanol–water partition coefficient (Wildman–Crippen LogP) is 2.99. The number of aryl methyl sites for hydroxylation is 1. The summed E-state index contributed by atoms with van der Waals surface area (Å²) in [6.45, 7) is 7.45. The molecule has 5 heterocycles. The van der Waals surface area contributed by atoms with Crippen LogP contribution in [0.4, 0.5) is 4.39 Å². The molecule has 8 rings (SSSR count). The van der Waals surface area contributed by atoms with Crippen molar-refractivity contribution in [1.82, 2.24) is 41.0 Å². The summed E-state index contributed by atoms with van der Waals surface area (Å²) in [5.74, 6) is -7.21. The van der Waals surface area contributed by atoms with Gasteiger partial charge in [-0.3, -0.25) is 57.6 Å². The van der Waals surface area contributed by atoms with E-state index in [4.69, 9.17) is 14.5 Å². The number of carbonyl (C=O) groups is 11. The number of Topliss-reactive ketones (excluding diaryl/α,β-unsaturated/α-hetero) is 2. The summed E-state index contributed by atoms with van der Waals surface area (Å²) in [7, 11) is 0. The SMILES string of the molecule is CC[C@@]1(O)C(=O)OCc2c1cc1n(c2=O)Cc2c-1nc1cc(F)c(C)c3c1c2C(NC(=O)CCCNC(=O)CCC(=O)[C@H](Cc1ccccc1)NC(=O)CCC(=O)CNC(=O)CCNC(=O)[C@H](CCC(=O)OC(C)(C)C)N1C(=O)C=CC1=O)CC3. The smallest absolute Gasteiger partial charge is 0.343 e. The Bertz CT molecular complexity index is 3480. The van der Waals surface area contributed by atoms with Gasteiger partial charge in [0.05, 0.1) is 47.6 Å². The highest BCUT2D eigenvalue weighted by Gasteiger charge is 2.46. The van der Waals surface area contributed by atoms with E-state index in [1.807, 2.05) is 0 Å². The normalized spacial score (nSPS) is 17.2. The average molecular weight is 1170 g/mol. The van der Waals surface area contributed by atoms with E-state index >= 15 is 4.39 Å². The lowest BCUT2D eigenvalue weighted by Gasteiger charge is -2.31. The molecule has 0 saturated heterocycles. The first-order valence-corrected chi connectivity index (χ1v) is 28.4. The summed E-state index contributed by atoms with van der Waals surface area (Å²) in [5, 5.41) is 25.5. The summed E-state index contributed by atoms with van der Waals surface area (Å²) < 4.78 is 27.4. The summed E-state index contributed by atoms with van der Waals surface area (Å²) in [6.07, 6.45) is 1.26. The maximum absolute atomic E-state index is 15.4. The number of hydrogen-bond acceptors (Lipinski definition) is 16. The van der Waals surface area contributed by atoms with Crippen LogP contribution in [0.15, 0.2) is 59.4 Å². The molecule has 1 aliphatic carbocycles. The number of aromatic nitrogens is 2. The third-order valence-electron chi connectivity index (χ3n) is 15.5. The van der Waals surface area contributed by atoms with Crippen LogP contribution >= 0.6 is 0 Å². The molecule has 0 fully saturated rings. The van der Waals surface area contributed by atoms with E-state index in [9.17, 15) is 62.6 Å². The molecule has 4 aliphatic rings. The number of carbonyl (C=O) groups excluding carboxylic acids is 11. The van der Waals surface area contributed by atoms with Gasteiger partial charge in [-0.1, -0.05) is 37.3 Å². The minimum atomic E-state index is -2.05. The Labute approximate surface area is 488 Å². The average Bonchev–Trinajstić information content (AvgIpc) is 2.03. The largest absolute Gasteiger partial charge is 0.460 e. The molecule has 450 valence electrons. The van der Waals surface area contributed by atoms with Gasteiger partial charge in [0.15, 0.2) is 17.2 Å². The van der Waals surface area contributed by atoms with Gasteiger partial charge in [0.2, 0.25) is 29.5 Å². The number of rotatable bonds is 26. The van der Waals surface area contributed by atoms with Gasteiger partial charge >= 0.3 is 11.9 Å². The predicted molar refractivity (Wildman–Crippen MR) is 302 cm³/mol. The molecule has 23 nitrogen and oxygen atoms in total. The van der Waals surface area contributed by atoms with Crippen LogP contribution in [-0.4, -0.2) is 122 Å². The van der Waals surface area contributed by atoms with Crippen LogP contribution in [0.5, 0.6) is 0 Å². The lowest BCUT2D eigenvalue weighted by atomic mass is 9.81. The lowest BCUT2D eigenvalue weighted by Crippen LogP contribution is -2.50. The topological polar surface area (TPSA) is 325 Å². The number of pyridine rings is 2. The Balaban J connectivity index is 0.787. The third kappa shape index (κ3) is 14.4. The number of ketones is 2. The van der Waals surface area contributed by atoms with E-state index in [1.165, 1.54) is 10.6 Å². The Morgan fingerprint density at radius 2 is 1.54 bits per heavy atom. The number of fused-ring (bicyclic) bond motifs is 5. The summed E-state index contributed by atoms with van der Waals surface area (Å²) in [5.41, 5.74) is 1.30. The van der Waals surface area contributed by atoms with Crippen molar-refractivity contribution in [1.29, 1.82) is 0 Å². The van der Waals surface area contributed by atoms with E-state index in [0.717, 1.165) is 28.2 Å². The van der Waals surface area contributed by atoms with Crippen molar-refractivity contribution in [3.8, 4) is 11.4 Å². The Morgan fingerprint density at radius 3 is 2.25 bits per heavy atom. The molecule has 4 aromatic rings. The second-order valence-corrected chi connectivity index (χ2v) is 22.6. The van der Waals surface area contributed by atoms with Crippen LogP contribution in [0, 0.1) is 12.7 Å². The van der Waals surface area contributed by atoms with Crippen molar-refractivity contribution in [2.75, 3.05) is 19.6 Å². The van der Waals surface area contributed by atoms with Crippen LogP contribution in [0.2, 0.25) is 0 Å². The molecule has 0 spiro atoms. The van der Waals surface area contributed by atoms with Gasteiger partial charge in [0.25, 0.3) is 17.4 Å². The molecule has 2 aromatic heterocycles. The fourth-order valence-electron chi connectivity index (χ4n) is 11.1. The molecule has 2 aromatic carbocycles. The zero-order valence-electron chi connectivity index (χ0n) is 48.0. The molecular weight excluding hydrogens is 1100 g/mol. The number of cyclic esters (lactones) is 1. The third-order valence-corrected chi connectivity index (χ3v) is 15.5. The first kappa shape index (κ1) is 62.3. The van der Waals surface area contributed by atoms with Crippen molar-refractivity contribution in [3.63, 3.8) is 0 Å². The van der Waals surface area contributed by atoms with Gasteiger partial charge in [-0.25, -0.2) is 14.2 Å². The number of benzene rings is 2. The highest BCUT2D eigenvalue weighted by atomic mass is 19.1. The van der Waals surface area contributed by atoms with E-state index in [-0.39, 0.29) is 114 Å². The van der Waals surface area contributed by atoms with Gasteiger partial charge in [0.1, 0.15) is 24.1 Å². The number of esters is 2. The summed E-state index contributed by atoms with van der Waals surface area (Å²) in [6, 6.07) is 8.80. The summed E-state index contributed by atoms with van der Waals surface area (Å²) in [4.78, 5) is 161. The van der Waals surface area contributed by atoms with Crippen molar-refractivity contribution >= 4 is 75.8 Å². The van der Waals surface area contributed by atoms with Crippen molar-refractivity contribution in [3.05, 3.63) is 110 Å². The molecule has 3 aliphatic heterocycles. The fourth-order valence-corrected chi connectivity index (χ4v) is 11.1. The lowest BCUT2D eigenvalue weighted by molar-refractivity contribution is -0.172. The molecule has 1 unspecified atom stereocenters. The molecule has 6 N–H and O–H groups in total. The van der Waals surface area contributed by atoms with Gasteiger partial charge < -0.3 is 45.7 Å². The van der Waals surface area contributed by atoms with Crippen LogP contribution in [0.1, 0.15) is 143 Å². The first-order chi connectivity index (χ1) is 40.4. The quantitative estimate of drug-likeness (QED) is 0.0263. The van der Waals surface area contributed by atoms with E-state index in [2.05, 4.69) is 26.6 Å². The molecular formula is C61H69FN8O15. The minimum absolute atomic E-state index is 0.00554.